The molecule has 0 saturated carbocycles. The highest BCUT2D eigenvalue weighted by molar-refractivity contribution is 8.00. The first-order valence-electron chi connectivity index (χ1n) is 6.26. The van der Waals surface area contributed by atoms with Gasteiger partial charge in [0, 0.05) is 29.1 Å². The van der Waals surface area contributed by atoms with Crippen LogP contribution in [0.1, 0.15) is 39.5 Å². The number of thioether (sulfide) groups is 1. The first kappa shape index (κ1) is 11.7. The summed E-state index contributed by atoms with van der Waals surface area (Å²) in [5.74, 6) is 1.25. The molecule has 88 valence electrons. The standard InChI is InChI=1S/C12H24N2S/c1-10-5-3-4-6-14(10)12(8-13)7-11(2)15-9-12/h10-11H,3-9,13H2,1-2H3. The van der Waals surface area contributed by atoms with Crippen LogP contribution in [0, 0.1) is 0 Å². The minimum Gasteiger partial charge on any atom is -0.329 e. The predicted octanol–water partition coefficient (Wildman–Crippen LogP) is 2.08. The lowest BCUT2D eigenvalue weighted by Gasteiger charge is -2.46. The summed E-state index contributed by atoms with van der Waals surface area (Å²) >= 11 is 2.10. The highest BCUT2D eigenvalue weighted by Crippen LogP contribution is 2.40. The van der Waals surface area contributed by atoms with E-state index in [0.717, 1.165) is 17.8 Å². The van der Waals surface area contributed by atoms with Crippen LogP contribution in [-0.2, 0) is 0 Å². The summed E-state index contributed by atoms with van der Waals surface area (Å²) in [6, 6.07) is 0.744. The number of rotatable bonds is 2. The van der Waals surface area contributed by atoms with Gasteiger partial charge in [0.25, 0.3) is 0 Å². The van der Waals surface area contributed by atoms with E-state index >= 15 is 0 Å². The largest absolute Gasteiger partial charge is 0.329 e. The van der Waals surface area contributed by atoms with Crippen LogP contribution in [0.3, 0.4) is 0 Å². The van der Waals surface area contributed by atoms with Crippen LogP contribution < -0.4 is 5.73 Å². The van der Waals surface area contributed by atoms with Crippen molar-refractivity contribution in [3.05, 3.63) is 0 Å². The Morgan fingerprint density at radius 3 is 2.73 bits per heavy atom. The van der Waals surface area contributed by atoms with Gasteiger partial charge in [0.15, 0.2) is 0 Å². The van der Waals surface area contributed by atoms with E-state index in [1.54, 1.807) is 0 Å². The van der Waals surface area contributed by atoms with Crippen molar-refractivity contribution in [3.63, 3.8) is 0 Å². The molecule has 2 rings (SSSR count). The number of hydrogen-bond acceptors (Lipinski definition) is 3. The number of hydrogen-bond donors (Lipinski definition) is 1. The number of nitrogens with two attached hydrogens (primary N) is 1. The first-order chi connectivity index (χ1) is 7.18. The summed E-state index contributed by atoms with van der Waals surface area (Å²) in [5.41, 5.74) is 6.39. The van der Waals surface area contributed by atoms with Crippen LogP contribution in [0.5, 0.6) is 0 Å². The second kappa shape index (κ2) is 4.64. The highest BCUT2D eigenvalue weighted by Gasteiger charge is 2.44. The van der Waals surface area contributed by atoms with Gasteiger partial charge < -0.3 is 5.73 Å². The zero-order valence-electron chi connectivity index (χ0n) is 10.0. The Morgan fingerprint density at radius 1 is 1.40 bits per heavy atom. The average Bonchev–Trinajstić information content (AvgIpc) is 2.62. The minimum atomic E-state index is 0.323. The van der Waals surface area contributed by atoms with Gasteiger partial charge in [-0.3, -0.25) is 4.90 Å². The van der Waals surface area contributed by atoms with E-state index in [1.165, 1.54) is 38.0 Å². The van der Waals surface area contributed by atoms with E-state index in [9.17, 15) is 0 Å². The molecule has 3 atom stereocenters. The van der Waals surface area contributed by atoms with Gasteiger partial charge >= 0.3 is 0 Å². The molecule has 3 heteroatoms. The molecule has 2 heterocycles. The molecule has 15 heavy (non-hydrogen) atoms. The lowest BCUT2D eigenvalue weighted by Crippen LogP contribution is -2.59. The van der Waals surface area contributed by atoms with Crippen LogP contribution in [0.2, 0.25) is 0 Å². The Bertz CT molecular complexity index is 222. The second-order valence-electron chi connectivity index (χ2n) is 5.29. The van der Waals surface area contributed by atoms with Gasteiger partial charge in [0.1, 0.15) is 0 Å². The zero-order chi connectivity index (χ0) is 10.9. The van der Waals surface area contributed by atoms with E-state index in [1.807, 2.05) is 0 Å². The molecule has 3 unspecified atom stereocenters. The SMILES string of the molecule is CC1CC(CN)(N2CCCCC2C)CS1. The summed E-state index contributed by atoms with van der Waals surface area (Å²) < 4.78 is 0. The first-order valence-corrected chi connectivity index (χ1v) is 7.31. The lowest BCUT2D eigenvalue weighted by atomic mass is 9.89. The van der Waals surface area contributed by atoms with Crippen LogP contribution >= 0.6 is 11.8 Å². The van der Waals surface area contributed by atoms with Gasteiger partial charge in [0.2, 0.25) is 0 Å². The zero-order valence-corrected chi connectivity index (χ0v) is 10.9. The molecule has 0 aliphatic carbocycles. The molecule has 0 aromatic carbocycles. The normalized spacial score (nSPS) is 43.4. The van der Waals surface area contributed by atoms with E-state index in [-0.39, 0.29) is 0 Å². The van der Waals surface area contributed by atoms with Crippen molar-refractivity contribution in [2.45, 2.75) is 56.4 Å². The smallest absolute Gasteiger partial charge is 0.0435 e. The van der Waals surface area contributed by atoms with Crippen molar-refractivity contribution in [2.24, 2.45) is 5.73 Å². The van der Waals surface area contributed by atoms with E-state index in [2.05, 4.69) is 30.5 Å². The molecule has 2 N–H and O–H groups in total. The van der Waals surface area contributed by atoms with E-state index in [0.29, 0.717) is 5.54 Å². The van der Waals surface area contributed by atoms with E-state index in [4.69, 9.17) is 5.73 Å². The van der Waals surface area contributed by atoms with E-state index < -0.39 is 0 Å². The maximum atomic E-state index is 6.07. The third-order valence-corrected chi connectivity index (χ3v) is 5.54. The van der Waals surface area contributed by atoms with Crippen molar-refractivity contribution in [1.29, 1.82) is 0 Å². The quantitative estimate of drug-likeness (QED) is 0.784. The molecule has 2 saturated heterocycles. The molecular formula is C12H24N2S. The fourth-order valence-corrected chi connectivity index (χ4v) is 4.64. The topological polar surface area (TPSA) is 29.3 Å². The summed E-state index contributed by atoms with van der Waals surface area (Å²) in [6.45, 7) is 6.83. The Labute approximate surface area is 98.0 Å². The van der Waals surface area contributed by atoms with Gasteiger partial charge in [-0.05, 0) is 32.7 Å². The molecule has 0 bridgehead atoms. The summed E-state index contributed by atoms with van der Waals surface area (Å²) in [6.07, 6.45) is 5.42. The lowest BCUT2D eigenvalue weighted by molar-refractivity contribution is 0.0441. The Balaban J connectivity index is 2.10. The van der Waals surface area contributed by atoms with Crippen molar-refractivity contribution in [3.8, 4) is 0 Å². The maximum Gasteiger partial charge on any atom is 0.0435 e. The molecule has 0 aromatic rings. The van der Waals surface area contributed by atoms with Gasteiger partial charge in [-0.2, -0.15) is 11.8 Å². The molecule has 2 aliphatic heterocycles. The predicted molar refractivity (Wildman–Crippen MR) is 68.3 cm³/mol. The van der Waals surface area contributed by atoms with Crippen molar-refractivity contribution in [2.75, 3.05) is 18.8 Å². The van der Waals surface area contributed by atoms with Crippen molar-refractivity contribution >= 4 is 11.8 Å². The summed E-state index contributed by atoms with van der Waals surface area (Å²) in [7, 11) is 0. The third kappa shape index (κ3) is 2.20. The van der Waals surface area contributed by atoms with Crippen molar-refractivity contribution < 1.29 is 0 Å². The molecule has 2 fully saturated rings. The number of nitrogens with zero attached hydrogens (tertiary/aromatic N) is 1. The highest BCUT2D eigenvalue weighted by atomic mass is 32.2. The third-order valence-electron chi connectivity index (χ3n) is 4.10. The van der Waals surface area contributed by atoms with Crippen LogP contribution in [0.25, 0.3) is 0 Å². The molecular weight excluding hydrogens is 204 g/mol. The maximum absolute atomic E-state index is 6.07. The van der Waals surface area contributed by atoms with Gasteiger partial charge in [-0.15, -0.1) is 0 Å². The molecule has 2 nitrogen and oxygen atoms in total. The molecule has 0 spiro atoms. The monoisotopic (exact) mass is 228 g/mol. The summed E-state index contributed by atoms with van der Waals surface area (Å²) in [4.78, 5) is 2.72. The van der Waals surface area contributed by atoms with Crippen LogP contribution in [0.4, 0.5) is 0 Å². The fraction of sp³-hybridized carbons (Fsp3) is 1.00. The Morgan fingerprint density at radius 2 is 2.20 bits per heavy atom. The average molecular weight is 228 g/mol. The van der Waals surface area contributed by atoms with Crippen LogP contribution in [0.15, 0.2) is 0 Å². The number of piperidine rings is 1. The van der Waals surface area contributed by atoms with Gasteiger partial charge in [0.05, 0.1) is 0 Å². The summed E-state index contributed by atoms with van der Waals surface area (Å²) in [5, 5.41) is 0.794. The number of likely N-dealkylation sites (tertiary alicyclic amines) is 1. The van der Waals surface area contributed by atoms with Gasteiger partial charge in [-0.25, -0.2) is 0 Å². The minimum absolute atomic E-state index is 0.323. The van der Waals surface area contributed by atoms with Crippen LogP contribution in [-0.4, -0.2) is 40.6 Å². The second-order valence-corrected chi connectivity index (χ2v) is 6.72. The Kier molecular flexibility index (Phi) is 3.63. The van der Waals surface area contributed by atoms with Gasteiger partial charge in [-0.1, -0.05) is 13.3 Å². The fourth-order valence-electron chi connectivity index (χ4n) is 3.21. The molecule has 0 aromatic heterocycles. The van der Waals surface area contributed by atoms with Crippen molar-refractivity contribution in [1.82, 2.24) is 4.90 Å². The molecule has 0 radical (unpaired) electrons. The molecule has 0 amide bonds. The molecule has 2 aliphatic rings. The Hall–Kier alpha value is 0.270.